The van der Waals surface area contributed by atoms with Crippen LogP contribution in [0.4, 0.5) is 10.1 Å². The number of anilines is 1. The van der Waals surface area contributed by atoms with Crippen molar-refractivity contribution in [2.24, 2.45) is 0 Å². The summed E-state index contributed by atoms with van der Waals surface area (Å²) in [4.78, 5) is 28.7. The highest BCUT2D eigenvalue weighted by atomic mass is 32.2. The molecule has 0 fully saturated rings. The smallest absolute Gasteiger partial charge is 0.240 e. The van der Waals surface area contributed by atoms with Crippen LogP contribution in [0.2, 0.25) is 0 Å². The van der Waals surface area contributed by atoms with Gasteiger partial charge in [-0.3, -0.25) is 9.59 Å². The fourth-order valence-corrected chi connectivity index (χ4v) is 3.47. The number of hydrogen-bond donors (Lipinski definition) is 3. The number of rotatable bonds is 9. The van der Waals surface area contributed by atoms with Crippen molar-refractivity contribution >= 4 is 29.3 Å². The van der Waals surface area contributed by atoms with Crippen LogP contribution < -0.4 is 10.6 Å². The summed E-state index contributed by atoms with van der Waals surface area (Å²) in [7, 11) is 0. The van der Waals surface area contributed by atoms with E-state index in [9.17, 15) is 19.1 Å². The molecule has 0 saturated carbocycles. The molecule has 3 N–H and O–H groups in total. The van der Waals surface area contributed by atoms with Gasteiger partial charge in [-0.2, -0.15) is 0 Å². The van der Waals surface area contributed by atoms with E-state index in [1.54, 1.807) is 10.6 Å². The van der Waals surface area contributed by atoms with E-state index < -0.39 is 11.7 Å². The molecule has 0 saturated heterocycles. The number of aromatic nitrogens is 2. The third kappa shape index (κ3) is 5.91. The monoisotopic (exact) mass is 428 g/mol. The zero-order valence-electron chi connectivity index (χ0n) is 16.0. The number of thioether (sulfide) groups is 1. The summed E-state index contributed by atoms with van der Waals surface area (Å²) in [6.45, 7) is 0.0529. The van der Waals surface area contributed by atoms with Crippen LogP contribution in [0.1, 0.15) is 11.3 Å². The molecule has 156 valence electrons. The standard InChI is InChI=1S/C21H21FN4O3S/c22-17-8-4-5-9-18(17)25-20(29)14-30-21-24-11-16(13-27)26(21)12-19(28)23-10-15-6-2-1-3-7-15/h1-9,11,27H,10,12-14H2,(H,23,28)(H,25,29). The van der Waals surface area contributed by atoms with Crippen LogP contribution in [0.3, 0.4) is 0 Å². The van der Waals surface area contributed by atoms with Gasteiger partial charge in [0.15, 0.2) is 5.16 Å². The molecule has 0 aliphatic rings. The molecule has 1 aromatic heterocycles. The van der Waals surface area contributed by atoms with Gasteiger partial charge in [-0.1, -0.05) is 54.2 Å². The van der Waals surface area contributed by atoms with Crippen molar-refractivity contribution < 1.29 is 19.1 Å². The first-order valence-electron chi connectivity index (χ1n) is 9.20. The molecule has 0 spiro atoms. The minimum Gasteiger partial charge on any atom is -0.390 e. The van der Waals surface area contributed by atoms with Gasteiger partial charge >= 0.3 is 0 Å². The summed E-state index contributed by atoms with van der Waals surface area (Å²) >= 11 is 1.10. The molecule has 0 bridgehead atoms. The number of aliphatic hydroxyl groups excluding tert-OH is 1. The van der Waals surface area contributed by atoms with Crippen molar-refractivity contribution in [3.8, 4) is 0 Å². The lowest BCUT2D eigenvalue weighted by Gasteiger charge is -2.11. The molecule has 7 nitrogen and oxygen atoms in total. The number of amides is 2. The molecule has 30 heavy (non-hydrogen) atoms. The largest absolute Gasteiger partial charge is 0.390 e. The number of halogens is 1. The Balaban J connectivity index is 1.58. The van der Waals surface area contributed by atoms with Crippen LogP contribution >= 0.6 is 11.8 Å². The quantitative estimate of drug-likeness (QED) is 0.455. The maximum absolute atomic E-state index is 13.7. The van der Waals surface area contributed by atoms with Crippen molar-refractivity contribution in [2.45, 2.75) is 24.9 Å². The molecule has 2 amide bonds. The molecule has 1 heterocycles. The van der Waals surface area contributed by atoms with Crippen molar-refractivity contribution in [2.75, 3.05) is 11.1 Å². The van der Waals surface area contributed by atoms with E-state index in [-0.39, 0.29) is 30.5 Å². The molecule has 0 aliphatic carbocycles. The van der Waals surface area contributed by atoms with Crippen LogP contribution in [0.25, 0.3) is 0 Å². The van der Waals surface area contributed by atoms with E-state index >= 15 is 0 Å². The molecular formula is C21H21FN4O3S. The van der Waals surface area contributed by atoms with Crippen LogP contribution in [0.15, 0.2) is 66.0 Å². The van der Waals surface area contributed by atoms with E-state index in [1.807, 2.05) is 30.3 Å². The first-order chi connectivity index (χ1) is 14.6. The zero-order valence-corrected chi connectivity index (χ0v) is 16.9. The van der Waals surface area contributed by atoms with Gasteiger partial charge < -0.3 is 20.3 Å². The predicted octanol–water partition coefficient (Wildman–Crippen LogP) is 2.56. The maximum atomic E-state index is 13.7. The molecule has 2 aromatic carbocycles. The fourth-order valence-electron chi connectivity index (χ4n) is 2.68. The Morgan fingerprint density at radius 1 is 1.07 bits per heavy atom. The third-order valence-corrected chi connectivity index (χ3v) is 5.17. The maximum Gasteiger partial charge on any atom is 0.240 e. The lowest BCUT2D eigenvalue weighted by Crippen LogP contribution is -2.28. The third-order valence-electron chi connectivity index (χ3n) is 4.18. The lowest BCUT2D eigenvalue weighted by molar-refractivity contribution is -0.122. The summed E-state index contributed by atoms with van der Waals surface area (Å²) in [5, 5.41) is 15.3. The lowest BCUT2D eigenvalue weighted by atomic mass is 10.2. The van der Waals surface area contributed by atoms with Crippen LogP contribution in [-0.4, -0.2) is 32.2 Å². The van der Waals surface area contributed by atoms with E-state index in [4.69, 9.17) is 0 Å². The number of para-hydroxylation sites is 1. The number of nitrogens with one attached hydrogen (secondary N) is 2. The second kappa shape index (κ2) is 10.6. The van der Waals surface area contributed by atoms with Gasteiger partial charge in [0.2, 0.25) is 11.8 Å². The molecule has 0 aliphatic heterocycles. The average Bonchev–Trinajstić information content (AvgIpc) is 3.14. The van der Waals surface area contributed by atoms with Gasteiger partial charge in [-0.15, -0.1) is 0 Å². The number of benzene rings is 2. The molecule has 0 unspecified atom stereocenters. The highest BCUT2D eigenvalue weighted by Crippen LogP contribution is 2.20. The highest BCUT2D eigenvalue weighted by Gasteiger charge is 2.15. The van der Waals surface area contributed by atoms with Gasteiger partial charge in [-0.05, 0) is 17.7 Å². The van der Waals surface area contributed by atoms with Crippen LogP contribution in [0, 0.1) is 5.82 Å². The minimum absolute atomic E-state index is 0.0259. The second-order valence-corrected chi connectivity index (χ2v) is 7.30. The van der Waals surface area contributed by atoms with E-state index in [1.165, 1.54) is 24.4 Å². The number of aliphatic hydroxyl groups is 1. The highest BCUT2D eigenvalue weighted by molar-refractivity contribution is 7.99. The molecule has 0 radical (unpaired) electrons. The SMILES string of the molecule is O=C(Cn1c(CO)cnc1SCC(=O)Nc1ccccc1F)NCc1ccccc1. The zero-order chi connectivity index (χ0) is 21.3. The molecule has 3 rings (SSSR count). The minimum atomic E-state index is -0.519. The Hall–Kier alpha value is -3.17. The number of carbonyl (C=O) groups excluding carboxylic acids is 2. The molecule has 9 heteroatoms. The average molecular weight is 428 g/mol. The molecule has 0 atom stereocenters. The Bertz CT molecular complexity index is 1010. The summed E-state index contributed by atoms with van der Waals surface area (Å²) < 4.78 is 15.2. The number of imidazole rings is 1. The van der Waals surface area contributed by atoms with E-state index in [0.717, 1.165) is 17.3 Å². The van der Waals surface area contributed by atoms with E-state index in [2.05, 4.69) is 15.6 Å². The predicted molar refractivity (Wildman–Crippen MR) is 112 cm³/mol. The first-order valence-corrected chi connectivity index (χ1v) is 10.2. The molecule has 3 aromatic rings. The van der Waals surface area contributed by atoms with Gasteiger partial charge in [0.25, 0.3) is 0 Å². The van der Waals surface area contributed by atoms with E-state index in [0.29, 0.717) is 17.4 Å². The van der Waals surface area contributed by atoms with Crippen molar-refractivity contribution in [3.05, 3.63) is 77.9 Å². The number of hydrogen-bond acceptors (Lipinski definition) is 5. The van der Waals surface area contributed by atoms with Crippen molar-refractivity contribution in [1.29, 1.82) is 0 Å². The number of nitrogens with zero attached hydrogens (tertiary/aromatic N) is 2. The summed E-state index contributed by atoms with van der Waals surface area (Å²) in [6.07, 6.45) is 1.46. The second-order valence-electron chi connectivity index (χ2n) is 6.36. The molecular weight excluding hydrogens is 407 g/mol. The summed E-state index contributed by atoms with van der Waals surface area (Å²) in [5.41, 5.74) is 1.53. The Kier molecular flexibility index (Phi) is 7.58. The van der Waals surface area contributed by atoms with Crippen molar-refractivity contribution in [3.63, 3.8) is 0 Å². The first kappa shape index (κ1) is 21.5. The van der Waals surface area contributed by atoms with Crippen LogP contribution in [-0.2, 0) is 29.3 Å². The van der Waals surface area contributed by atoms with Crippen molar-refractivity contribution in [1.82, 2.24) is 14.9 Å². The van der Waals surface area contributed by atoms with Gasteiger partial charge in [-0.25, -0.2) is 9.37 Å². The summed E-state index contributed by atoms with van der Waals surface area (Å²) in [6, 6.07) is 15.4. The van der Waals surface area contributed by atoms with Gasteiger partial charge in [0, 0.05) is 6.54 Å². The fraction of sp³-hybridized carbons (Fsp3) is 0.190. The van der Waals surface area contributed by atoms with Gasteiger partial charge in [0.1, 0.15) is 12.4 Å². The van der Waals surface area contributed by atoms with Crippen LogP contribution in [0.5, 0.6) is 0 Å². The Morgan fingerprint density at radius 3 is 2.53 bits per heavy atom. The Labute approximate surface area is 177 Å². The number of carbonyl (C=O) groups is 2. The normalized spacial score (nSPS) is 10.6. The Morgan fingerprint density at radius 2 is 1.80 bits per heavy atom. The van der Waals surface area contributed by atoms with Gasteiger partial charge in [0.05, 0.1) is 29.9 Å². The summed E-state index contributed by atoms with van der Waals surface area (Å²) in [5.74, 6) is -1.19. The topological polar surface area (TPSA) is 96.2 Å².